The van der Waals surface area contributed by atoms with Crippen LogP contribution in [0.4, 0.5) is 5.69 Å². The second kappa shape index (κ2) is 8.95. The van der Waals surface area contributed by atoms with Crippen molar-refractivity contribution in [1.29, 1.82) is 0 Å². The van der Waals surface area contributed by atoms with E-state index in [1.807, 2.05) is 0 Å². The number of nitrogens with zero attached hydrogens (tertiary/aromatic N) is 2. The van der Waals surface area contributed by atoms with E-state index in [1.54, 1.807) is 19.1 Å². The normalized spacial score (nSPS) is 16.5. The molecule has 1 heterocycles. The summed E-state index contributed by atoms with van der Waals surface area (Å²) >= 11 is 0. The van der Waals surface area contributed by atoms with Crippen LogP contribution in [0.25, 0.3) is 0 Å². The van der Waals surface area contributed by atoms with Crippen molar-refractivity contribution in [3.63, 3.8) is 0 Å². The van der Waals surface area contributed by atoms with Gasteiger partial charge in [-0.1, -0.05) is 6.07 Å². The van der Waals surface area contributed by atoms with Crippen molar-refractivity contribution in [2.75, 3.05) is 39.0 Å². The summed E-state index contributed by atoms with van der Waals surface area (Å²) in [6.45, 7) is 3.64. The number of benzene rings is 1. The molecule has 3 N–H and O–H groups in total. The quantitative estimate of drug-likeness (QED) is 0.782. The number of anilines is 1. The van der Waals surface area contributed by atoms with Crippen LogP contribution in [0.3, 0.4) is 0 Å². The van der Waals surface area contributed by atoms with Crippen LogP contribution in [0.2, 0.25) is 0 Å². The SMILES string of the molecule is Cc1ccc(NC(=O)CN2CCC(N)CC2)cc1S(=O)(=O)N(C)C.Cl. The van der Waals surface area contributed by atoms with Gasteiger partial charge < -0.3 is 11.1 Å². The Hall–Kier alpha value is -1.19. The van der Waals surface area contributed by atoms with Crippen LogP contribution in [0.5, 0.6) is 0 Å². The fourth-order valence-corrected chi connectivity index (χ4v) is 3.81. The number of carbonyl (C=O) groups excluding carboxylic acids is 1. The first-order chi connectivity index (χ1) is 11.2. The smallest absolute Gasteiger partial charge is 0.242 e. The zero-order valence-electron chi connectivity index (χ0n) is 14.9. The number of amides is 1. The zero-order valence-corrected chi connectivity index (χ0v) is 16.5. The number of nitrogens with two attached hydrogens (primary N) is 1. The number of rotatable bonds is 5. The van der Waals surface area contributed by atoms with E-state index in [1.165, 1.54) is 20.2 Å². The molecule has 1 fully saturated rings. The molecule has 0 saturated carbocycles. The third kappa shape index (κ3) is 5.65. The molecule has 0 unspecified atom stereocenters. The molecule has 1 aliphatic rings. The summed E-state index contributed by atoms with van der Waals surface area (Å²) in [5, 5.41) is 2.78. The maximum Gasteiger partial charge on any atom is 0.242 e. The Kier molecular flexibility index (Phi) is 7.83. The summed E-state index contributed by atoms with van der Waals surface area (Å²) in [7, 11) is -0.567. The highest BCUT2D eigenvalue weighted by atomic mass is 35.5. The molecule has 0 radical (unpaired) electrons. The predicted octanol–water partition coefficient (Wildman–Crippen LogP) is 1.03. The van der Waals surface area contributed by atoms with Gasteiger partial charge in [0.25, 0.3) is 0 Å². The molecule has 7 nitrogen and oxygen atoms in total. The van der Waals surface area contributed by atoms with Gasteiger partial charge in [0.15, 0.2) is 0 Å². The van der Waals surface area contributed by atoms with Gasteiger partial charge >= 0.3 is 0 Å². The number of aryl methyl sites for hydroxylation is 1. The lowest BCUT2D eigenvalue weighted by Crippen LogP contribution is -2.43. The topological polar surface area (TPSA) is 95.7 Å². The summed E-state index contributed by atoms with van der Waals surface area (Å²) in [6.07, 6.45) is 1.78. The van der Waals surface area contributed by atoms with Gasteiger partial charge in [-0.05, 0) is 37.5 Å². The fourth-order valence-electron chi connectivity index (χ4n) is 2.67. The molecule has 1 saturated heterocycles. The van der Waals surface area contributed by atoms with Crippen molar-refractivity contribution >= 4 is 34.0 Å². The van der Waals surface area contributed by atoms with Crippen molar-refractivity contribution in [3.05, 3.63) is 23.8 Å². The minimum atomic E-state index is -3.54. The summed E-state index contributed by atoms with van der Waals surface area (Å²) in [4.78, 5) is 14.5. The molecular formula is C16H27ClN4O3S. The Morgan fingerprint density at radius 2 is 1.92 bits per heavy atom. The van der Waals surface area contributed by atoms with E-state index < -0.39 is 10.0 Å². The van der Waals surface area contributed by atoms with Crippen LogP contribution < -0.4 is 11.1 Å². The van der Waals surface area contributed by atoms with E-state index in [0.717, 1.165) is 30.2 Å². The molecule has 1 amide bonds. The average Bonchev–Trinajstić information content (AvgIpc) is 2.51. The molecule has 2 rings (SSSR count). The standard InChI is InChI=1S/C16H26N4O3S.ClH/c1-12-4-5-14(10-15(12)24(22,23)19(2)3)18-16(21)11-20-8-6-13(17)7-9-20;/h4-5,10,13H,6-9,11,17H2,1-3H3,(H,18,21);1H. The van der Waals surface area contributed by atoms with Gasteiger partial charge in [0.2, 0.25) is 15.9 Å². The first-order valence-electron chi connectivity index (χ1n) is 8.01. The monoisotopic (exact) mass is 390 g/mol. The van der Waals surface area contributed by atoms with Crippen molar-refractivity contribution in [2.45, 2.75) is 30.7 Å². The molecule has 1 aromatic rings. The fraction of sp³-hybridized carbons (Fsp3) is 0.562. The van der Waals surface area contributed by atoms with Crippen LogP contribution in [-0.2, 0) is 14.8 Å². The maximum atomic E-state index is 12.3. The number of likely N-dealkylation sites (tertiary alicyclic amines) is 1. The highest BCUT2D eigenvalue weighted by molar-refractivity contribution is 7.89. The van der Waals surface area contributed by atoms with E-state index in [9.17, 15) is 13.2 Å². The third-order valence-electron chi connectivity index (χ3n) is 4.23. The van der Waals surface area contributed by atoms with Gasteiger partial charge in [-0.15, -0.1) is 12.4 Å². The second-order valence-electron chi connectivity index (χ2n) is 6.43. The lowest BCUT2D eigenvalue weighted by molar-refractivity contribution is -0.117. The van der Waals surface area contributed by atoms with Crippen molar-refractivity contribution < 1.29 is 13.2 Å². The minimum Gasteiger partial charge on any atom is -0.328 e. The van der Waals surface area contributed by atoms with E-state index in [2.05, 4.69) is 10.2 Å². The van der Waals surface area contributed by atoms with E-state index in [0.29, 0.717) is 11.3 Å². The maximum absolute atomic E-state index is 12.3. The minimum absolute atomic E-state index is 0. The Labute approximate surface area is 156 Å². The molecular weight excluding hydrogens is 364 g/mol. The number of carbonyl (C=O) groups is 1. The molecule has 142 valence electrons. The van der Waals surface area contributed by atoms with Crippen molar-refractivity contribution in [1.82, 2.24) is 9.21 Å². The van der Waals surface area contributed by atoms with Crippen LogP contribution in [0.15, 0.2) is 23.1 Å². The Morgan fingerprint density at radius 3 is 2.48 bits per heavy atom. The number of halogens is 1. The van der Waals surface area contributed by atoms with E-state index in [4.69, 9.17) is 5.73 Å². The summed E-state index contributed by atoms with van der Waals surface area (Å²) < 4.78 is 25.8. The Bertz CT molecular complexity index is 701. The molecule has 1 aliphatic heterocycles. The molecule has 0 aromatic heterocycles. The van der Waals surface area contributed by atoms with Crippen LogP contribution in [0.1, 0.15) is 18.4 Å². The van der Waals surface area contributed by atoms with E-state index in [-0.39, 0.29) is 35.8 Å². The molecule has 0 aliphatic carbocycles. The first kappa shape index (κ1) is 21.9. The summed E-state index contributed by atoms with van der Waals surface area (Å²) in [5.41, 5.74) is 6.99. The molecule has 0 spiro atoms. The molecule has 9 heteroatoms. The number of hydrogen-bond donors (Lipinski definition) is 2. The number of nitrogens with one attached hydrogen (secondary N) is 1. The molecule has 1 aromatic carbocycles. The summed E-state index contributed by atoms with van der Waals surface area (Å²) in [5.74, 6) is -0.150. The highest BCUT2D eigenvalue weighted by Gasteiger charge is 2.21. The predicted molar refractivity (Wildman–Crippen MR) is 102 cm³/mol. The summed E-state index contributed by atoms with van der Waals surface area (Å²) in [6, 6.07) is 5.15. The Morgan fingerprint density at radius 1 is 1.32 bits per heavy atom. The van der Waals surface area contributed by atoms with Gasteiger partial charge in [0.05, 0.1) is 11.4 Å². The van der Waals surface area contributed by atoms with Gasteiger partial charge in [-0.25, -0.2) is 12.7 Å². The van der Waals surface area contributed by atoms with Gasteiger partial charge in [-0.2, -0.15) is 0 Å². The second-order valence-corrected chi connectivity index (χ2v) is 8.55. The van der Waals surface area contributed by atoms with Crippen molar-refractivity contribution in [3.8, 4) is 0 Å². The van der Waals surface area contributed by atoms with Crippen LogP contribution in [-0.4, -0.2) is 63.3 Å². The van der Waals surface area contributed by atoms with Crippen LogP contribution in [0, 0.1) is 6.92 Å². The average molecular weight is 391 g/mol. The van der Waals surface area contributed by atoms with Crippen LogP contribution >= 0.6 is 12.4 Å². The largest absolute Gasteiger partial charge is 0.328 e. The van der Waals surface area contributed by atoms with Crippen molar-refractivity contribution in [2.24, 2.45) is 5.73 Å². The van der Waals surface area contributed by atoms with E-state index >= 15 is 0 Å². The molecule has 25 heavy (non-hydrogen) atoms. The zero-order chi connectivity index (χ0) is 17.9. The molecule has 0 atom stereocenters. The highest BCUT2D eigenvalue weighted by Crippen LogP contribution is 2.22. The third-order valence-corrected chi connectivity index (χ3v) is 6.19. The molecule has 0 bridgehead atoms. The Balaban J connectivity index is 0.00000312. The van der Waals surface area contributed by atoms with Gasteiger partial charge in [0, 0.05) is 38.9 Å². The lowest BCUT2D eigenvalue weighted by atomic mass is 10.1. The number of piperidine rings is 1. The number of sulfonamides is 1. The lowest BCUT2D eigenvalue weighted by Gasteiger charge is -2.29. The first-order valence-corrected chi connectivity index (χ1v) is 9.45. The number of hydrogen-bond acceptors (Lipinski definition) is 5. The van der Waals surface area contributed by atoms with Gasteiger partial charge in [-0.3, -0.25) is 9.69 Å². The van der Waals surface area contributed by atoms with Gasteiger partial charge in [0.1, 0.15) is 0 Å².